The van der Waals surface area contributed by atoms with Gasteiger partial charge in [0.15, 0.2) is 0 Å². The minimum atomic E-state index is -0.0520. The van der Waals surface area contributed by atoms with Crippen molar-refractivity contribution < 1.29 is 4.79 Å². The molecule has 0 aliphatic rings. The molecule has 7 nitrogen and oxygen atoms in total. The molecule has 3 rings (SSSR count). The molecule has 2 heterocycles. The van der Waals surface area contributed by atoms with Gasteiger partial charge in [-0.15, -0.1) is 0 Å². The standard InChI is InChI=1S/C19H21ClN6O/c1-12-16(20)17(24-19(21)23-12)14-4-6-15(7-5-14)18(27)25(3)10-11-26-9-8-22-13(26)2/h4-9H,10-11H2,1-3H3,(H2,21,23,24). The normalized spacial score (nSPS) is 10.8. The molecule has 8 heteroatoms. The quantitative estimate of drug-likeness (QED) is 0.730. The Bertz CT molecular complexity index is 967. The van der Waals surface area contributed by atoms with Gasteiger partial charge in [0, 0.05) is 43.7 Å². The average Bonchev–Trinajstić information content (AvgIpc) is 3.07. The maximum Gasteiger partial charge on any atom is 0.253 e. The Labute approximate surface area is 162 Å². The van der Waals surface area contributed by atoms with E-state index < -0.39 is 0 Å². The molecule has 3 aromatic rings. The van der Waals surface area contributed by atoms with Gasteiger partial charge in [-0.3, -0.25) is 4.79 Å². The molecule has 1 aromatic carbocycles. The Kier molecular flexibility index (Phi) is 5.41. The molecule has 0 bridgehead atoms. The number of carbonyl (C=O) groups is 1. The summed E-state index contributed by atoms with van der Waals surface area (Å²) in [5, 5.41) is 0.455. The van der Waals surface area contributed by atoms with E-state index in [4.69, 9.17) is 17.3 Å². The van der Waals surface area contributed by atoms with Gasteiger partial charge in [-0.25, -0.2) is 15.0 Å². The molecule has 0 saturated carbocycles. The topological polar surface area (TPSA) is 89.9 Å². The number of imidazole rings is 1. The second-order valence-electron chi connectivity index (χ2n) is 6.30. The highest BCUT2D eigenvalue weighted by Gasteiger charge is 2.14. The number of hydrogen-bond donors (Lipinski definition) is 1. The van der Waals surface area contributed by atoms with Crippen LogP contribution < -0.4 is 5.73 Å². The minimum Gasteiger partial charge on any atom is -0.368 e. The van der Waals surface area contributed by atoms with E-state index in [1.165, 1.54) is 0 Å². The Morgan fingerprint density at radius 3 is 2.56 bits per heavy atom. The molecule has 27 heavy (non-hydrogen) atoms. The van der Waals surface area contributed by atoms with Crippen LogP contribution in [0, 0.1) is 13.8 Å². The Morgan fingerprint density at radius 1 is 1.22 bits per heavy atom. The number of amides is 1. The summed E-state index contributed by atoms with van der Waals surface area (Å²) in [4.78, 5) is 26.8. The lowest BCUT2D eigenvalue weighted by atomic mass is 10.1. The van der Waals surface area contributed by atoms with Gasteiger partial charge in [-0.2, -0.15) is 0 Å². The number of hydrogen-bond acceptors (Lipinski definition) is 5. The smallest absolute Gasteiger partial charge is 0.253 e. The van der Waals surface area contributed by atoms with Crippen LogP contribution in [0.2, 0.25) is 5.02 Å². The number of anilines is 1. The van der Waals surface area contributed by atoms with Gasteiger partial charge in [0.2, 0.25) is 5.95 Å². The third-order valence-electron chi connectivity index (χ3n) is 4.39. The summed E-state index contributed by atoms with van der Waals surface area (Å²) in [6, 6.07) is 7.16. The van der Waals surface area contributed by atoms with Gasteiger partial charge in [-0.05, 0) is 26.0 Å². The van der Waals surface area contributed by atoms with Crippen molar-refractivity contribution in [2.24, 2.45) is 0 Å². The number of halogens is 1. The second kappa shape index (κ2) is 7.75. The molecule has 2 N–H and O–H groups in total. The van der Waals surface area contributed by atoms with Gasteiger partial charge in [0.25, 0.3) is 5.91 Å². The minimum absolute atomic E-state index is 0.0520. The van der Waals surface area contributed by atoms with E-state index in [0.29, 0.717) is 35.1 Å². The summed E-state index contributed by atoms with van der Waals surface area (Å²) in [5.74, 6) is 1.04. The van der Waals surface area contributed by atoms with E-state index in [9.17, 15) is 4.79 Å². The van der Waals surface area contributed by atoms with E-state index >= 15 is 0 Å². The first-order valence-electron chi connectivity index (χ1n) is 8.50. The molecule has 0 aliphatic carbocycles. The third-order valence-corrected chi connectivity index (χ3v) is 4.84. The highest BCUT2D eigenvalue weighted by molar-refractivity contribution is 6.33. The fourth-order valence-electron chi connectivity index (χ4n) is 2.76. The fraction of sp³-hybridized carbons (Fsp3) is 0.263. The SMILES string of the molecule is Cc1nc(N)nc(-c2ccc(C(=O)N(C)CCn3ccnc3C)cc2)c1Cl. The summed E-state index contributed by atoms with van der Waals surface area (Å²) in [7, 11) is 1.79. The molecule has 0 aliphatic heterocycles. The Morgan fingerprint density at radius 2 is 1.93 bits per heavy atom. The molecule has 0 saturated heterocycles. The van der Waals surface area contributed by atoms with Crippen LogP contribution in [-0.4, -0.2) is 43.9 Å². The number of nitrogen functional groups attached to an aromatic ring is 1. The summed E-state index contributed by atoms with van der Waals surface area (Å²) >= 11 is 6.29. The number of rotatable bonds is 5. The lowest BCUT2D eigenvalue weighted by molar-refractivity contribution is 0.0790. The van der Waals surface area contributed by atoms with Crippen LogP contribution in [0.5, 0.6) is 0 Å². The first-order valence-corrected chi connectivity index (χ1v) is 8.88. The molecule has 0 spiro atoms. The van der Waals surface area contributed by atoms with Crippen molar-refractivity contribution in [2.75, 3.05) is 19.3 Å². The summed E-state index contributed by atoms with van der Waals surface area (Å²) in [5.41, 5.74) is 8.28. The van der Waals surface area contributed by atoms with Crippen molar-refractivity contribution in [1.29, 1.82) is 0 Å². The molecule has 2 aromatic heterocycles. The van der Waals surface area contributed by atoms with Crippen LogP contribution in [0.1, 0.15) is 21.9 Å². The van der Waals surface area contributed by atoms with Crippen molar-refractivity contribution in [3.05, 3.63) is 58.8 Å². The lowest BCUT2D eigenvalue weighted by Crippen LogP contribution is -2.30. The van der Waals surface area contributed by atoms with E-state index in [1.807, 2.05) is 29.8 Å². The molecule has 0 atom stereocenters. The van der Waals surface area contributed by atoms with E-state index in [0.717, 1.165) is 11.4 Å². The summed E-state index contributed by atoms with van der Waals surface area (Å²) in [6.45, 7) is 5.00. The molecule has 0 unspecified atom stereocenters. The highest BCUT2D eigenvalue weighted by atomic mass is 35.5. The van der Waals surface area contributed by atoms with Gasteiger partial charge in [0.05, 0.1) is 16.4 Å². The summed E-state index contributed by atoms with van der Waals surface area (Å²) in [6.07, 6.45) is 3.66. The largest absolute Gasteiger partial charge is 0.368 e. The monoisotopic (exact) mass is 384 g/mol. The van der Waals surface area contributed by atoms with Crippen LogP contribution in [0.3, 0.4) is 0 Å². The van der Waals surface area contributed by atoms with Crippen LogP contribution in [0.25, 0.3) is 11.3 Å². The van der Waals surface area contributed by atoms with Crippen molar-refractivity contribution >= 4 is 23.5 Å². The maximum atomic E-state index is 12.6. The third kappa shape index (κ3) is 4.09. The van der Waals surface area contributed by atoms with Crippen LogP contribution in [-0.2, 0) is 6.54 Å². The predicted octanol–water partition coefficient (Wildman–Crippen LogP) is 2.96. The Balaban J connectivity index is 1.73. The van der Waals surface area contributed by atoms with Gasteiger partial charge < -0.3 is 15.2 Å². The number of aromatic nitrogens is 4. The first kappa shape index (κ1) is 18.8. The molecule has 0 radical (unpaired) electrons. The maximum absolute atomic E-state index is 12.6. The average molecular weight is 385 g/mol. The number of nitrogens with two attached hydrogens (primary N) is 1. The molecular formula is C19H21ClN6O. The van der Waals surface area contributed by atoms with E-state index in [-0.39, 0.29) is 11.9 Å². The Hall–Kier alpha value is -2.93. The van der Waals surface area contributed by atoms with Crippen LogP contribution in [0.4, 0.5) is 5.95 Å². The van der Waals surface area contributed by atoms with Gasteiger partial charge >= 0.3 is 0 Å². The zero-order chi connectivity index (χ0) is 19.6. The first-order chi connectivity index (χ1) is 12.9. The van der Waals surface area contributed by atoms with Crippen LogP contribution >= 0.6 is 11.6 Å². The van der Waals surface area contributed by atoms with E-state index in [1.54, 1.807) is 37.2 Å². The second-order valence-corrected chi connectivity index (χ2v) is 6.68. The zero-order valence-electron chi connectivity index (χ0n) is 15.5. The highest BCUT2D eigenvalue weighted by Crippen LogP contribution is 2.28. The number of aryl methyl sites for hydroxylation is 2. The predicted molar refractivity (Wildman–Crippen MR) is 106 cm³/mol. The summed E-state index contributed by atoms with van der Waals surface area (Å²) < 4.78 is 2.01. The number of nitrogens with zero attached hydrogens (tertiary/aromatic N) is 5. The molecule has 140 valence electrons. The lowest BCUT2D eigenvalue weighted by Gasteiger charge is -2.18. The molecule has 0 fully saturated rings. The number of benzene rings is 1. The van der Waals surface area contributed by atoms with Crippen molar-refractivity contribution in [3.8, 4) is 11.3 Å². The van der Waals surface area contributed by atoms with E-state index in [2.05, 4.69) is 15.0 Å². The number of carbonyl (C=O) groups excluding carboxylic acids is 1. The van der Waals surface area contributed by atoms with Crippen molar-refractivity contribution in [1.82, 2.24) is 24.4 Å². The van der Waals surface area contributed by atoms with Gasteiger partial charge in [-0.1, -0.05) is 23.7 Å². The fourth-order valence-corrected chi connectivity index (χ4v) is 2.96. The molecule has 1 amide bonds. The van der Waals surface area contributed by atoms with Crippen molar-refractivity contribution in [2.45, 2.75) is 20.4 Å². The van der Waals surface area contributed by atoms with Crippen molar-refractivity contribution in [3.63, 3.8) is 0 Å². The zero-order valence-corrected chi connectivity index (χ0v) is 16.2. The number of likely N-dealkylation sites (N-methyl/N-ethyl adjacent to an activating group) is 1. The van der Waals surface area contributed by atoms with Crippen LogP contribution in [0.15, 0.2) is 36.7 Å². The van der Waals surface area contributed by atoms with Gasteiger partial charge in [0.1, 0.15) is 5.82 Å². The molecular weight excluding hydrogens is 364 g/mol.